The third-order valence-electron chi connectivity index (χ3n) is 4.61. The van der Waals surface area contributed by atoms with Gasteiger partial charge in [0, 0.05) is 26.3 Å². The lowest BCUT2D eigenvalue weighted by atomic mass is 10.0. The van der Waals surface area contributed by atoms with E-state index in [-0.39, 0.29) is 29.3 Å². The number of carbonyl (C=O) groups excluding carboxylic acids is 1. The van der Waals surface area contributed by atoms with E-state index in [4.69, 9.17) is 0 Å². The number of piperidine rings is 1. The summed E-state index contributed by atoms with van der Waals surface area (Å²) in [5.41, 5.74) is 1.78. The molecule has 1 N–H and O–H groups in total. The van der Waals surface area contributed by atoms with Gasteiger partial charge in [-0.15, -0.1) is 12.4 Å². The van der Waals surface area contributed by atoms with E-state index < -0.39 is 10.0 Å². The molecule has 24 heavy (non-hydrogen) atoms. The van der Waals surface area contributed by atoms with Crippen LogP contribution in [0.3, 0.4) is 0 Å². The molecular formula is C16H24ClN3O3S. The molecule has 0 aromatic heterocycles. The molecule has 3 rings (SSSR count). The summed E-state index contributed by atoms with van der Waals surface area (Å²) < 4.78 is 25.8. The van der Waals surface area contributed by atoms with Gasteiger partial charge in [-0.25, -0.2) is 12.7 Å². The SMILES string of the molecule is CN(C)S(=O)(=O)c1ccc2c(c1)N(C(=O)C1CCCCN1)CC2.Cl. The summed E-state index contributed by atoms with van der Waals surface area (Å²) in [4.78, 5) is 14.7. The van der Waals surface area contributed by atoms with Gasteiger partial charge in [-0.3, -0.25) is 4.79 Å². The van der Waals surface area contributed by atoms with Crippen molar-refractivity contribution in [1.82, 2.24) is 9.62 Å². The van der Waals surface area contributed by atoms with Gasteiger partial charge in [0.05, 0.1) is 10.9 Å². The molecule has 2 aliphatic heterocycles. The Morgan fingerprint density at radius 1 is 1.29 bits per heavy atom. The van der Waals surface area contributed by atoms with E-state index in [9.17, 15) is 13.2 Å². The van der Waals surface area contributed by atoms with Crippen LogP contribution in [0, 0.1) is 0 Å². The lowest BCUT2D eigenvalue weighted by molar-refractivity contribution is -0.121. The molecule has 2 aliphatic rings. The maximum absolute atomic E-state index is 12.8. The number of hydrogen-bond acceptors (Lipinski definition) is 4. The lowest BCUT2D eigenvalue weighted by Gasteiger charge is -2.28. The second-order valence-electron chi connectivity index (χ2n) is 6.32. The molecule has 0 bridgehead atoms. The highest BCUT2D eigenvalue weighted by molar-refractivity contribution is 7.89. The number of amides is 1. The number of nitrogens with zero attached hydrogens (tertiary/aromatic N) is 2. The van der Waals surface area contributed by atoms with Crippen molar-refractivity contribution in [2.45, 2.75) is 36.6 Å². The molecule has 134 valence electrons. The summed E-state index contributed by atoms with van der Waals surface area (Å²) in [6.45, 7) is 1.49. The fraction of sp³-hybridized carbons (Fsp3) is 0.562. The van der Waals surface area contributed by atoms with Gasteiger partial charge in [0.15, 0.2) is 0 Å². The van der Waals surface area contributed by atoms with Gasteiger partial charge in [-0.05, 0) is 43.5 Å². The lowest BCUT2D eigenvalue weighted by Crippen LogP contribution is -2.48. The number of sulfonamides is 1. The van der Waals surface area contributed by atoms with Gasteiger partial charge in [0.2, 0.25) is 15.9 Å². The standard InChI is InChI=1S/C16H23N3O3S.ClH/c1-18(2)23(21,22)13-7-6-12-8-10-19(15(12)11-13)16(20)14-5-3-4-9-17-14;/h6-7,11,14,17H,3-5,8-10H2,1-2H3;1H. The van der Waals surface area contributed by atoms with Crippen LogP contribution in [-0.2, 0) is 21.2 Å². The minimum atomic E-state index is -3.49. The fourth-order valence-electron chi connectivity index (χ4n) is 3.21. The van der Waals surface area contributed by atoms with Crippen molar-refractivity contribution in [3.63, 3.8) is 0 Å². The van der Waals surface area contributed by atoms with Gasteiger partial charge >= 0.3 is 0 Å². The van der Waals surface area contributed by atoms with E-state index in [0.29, 0.717) is 6.54 Å². The zero-order chi connectivity index (χ0) is 16.6. The zero-order valence-electron chi connectivity index (χ0n) is 14.0. The van der Waals surface area contributed by atoms with Crippen LogP contribution in [0.4, 0.5) is 5.69 Å². The number of fused-ring (bicyclic) bond motifs is 1. The molecule has 0 spiro atoms. The third-order valence-corrected chi connectivity index (χ3v) is 6.42. The maximum atomic E-state index is 12.8. The van der Waals surface area contributed by atoms with Gasteiger partial charge < -0.3 is 10.2 Å². The topological polar surface area (TPSA) is 69.7 Å². The van der Waals surface area contributed by atoms with Crippen LogP contribution in [0.15, 0.2) is 23.1 Å². The van der Waals surface area contributed by atoms with E-state index in [2.05, 4.69) is 5.32 Å². The molecule has 8 heteroatoms. The number of nitrogens with one attached hydrogen (secondary N) is 1. The summed E-state index contributed by atoms with van der Waals surface area (Å²) in [5.74, 6) is 0.0582. The third kappa shape index (κ3) is 3.44. The molecule has 0 radical (unpaired) electrons. The first kappa shape index (κ1) is 19.2. The molecule has 1 unspecified atom stereocenters. The van der Waals surface area contributed by atoms with Crippen LogP contribution in [-0.4, -0.2) is 51.9 Å². The Kier molecular flexibility index (Phi) is 5.91. The monoisotopic (exact) mass is 373 g/mol. The van der Waals surface area contributed by atoms with E-state index in [1.54, 1.807) is 17.0 Å². The predicted molar refractivity (Wildman–Crippen MR) is 96.3 cm³/mol. The Balaban J connectivity index is 0.00000208. The second-order valence-corrected chi connectivity index (χ2v) is 8.47. The Bertz CT molecular complexity index is 715. The molecule has 1 aromatic carbocycles. The first-order chi connectivity index (χ1) is 10.9. The molecule has 1 amide bonds. The van der Waals surface area contributed by atoms with Crippen molar-refractivity contribution in [3.05, 3.63) is 23.8 Å². The van der Waals surface area contributed by atoms with Crippen LogP contribution in [0.1, 0.15) is 24.8 Å². The first-order valence-electron chi connectivity index (χ1n) is 8.01. The van der Waals surface area contributed by atoms with Crippen molar-refractivity contribution < 1.29 is 13.2 Å². The number of hydrogen-bond donors (Lipinski definition) is 1. The number of carbonyl (C=O) groups is 1. The van der Waals surface area contributed by atoms with Crippen molar-refractivity contribution in [2.75, 3.05) is 32.1 Å². The molecule has 0 saturated carbocycles. The Labute approximate surface area is 149 Å². The van der Waals surface area contributed by atoms with E-state index in [1.165, 1.54) is 18.4 Å². The Hall–Kier alpha value is -1.15. The highest BCUT2D eigenvalue weighted by atomic mass is 35.5. The van der Waals surface area contributed by atoms with E-state index in [0.717, 1.165) is 43.5 Å². The normalized spacial score (nSPS) is 20.6. The molecular weight excluding hydrogens is 350 g/mol. The molecule has 2 heterocycles. The van der Waals surface area contributed by atoms with Gasteiger partial charge in [0.25, 0.3) is 0 Å². The summed E-state index contributed by atoms with van der Waals surface area (Å²) in [7, 11) is -0.470. The zero-order valence-corrected chi connectivity index (χ0v) is 15.6. The highest BCUT2D eigenvalue weighted by Gasteiger charge is 2.32. The number of rotatable bonds is 3. The van der Waals surface area contributed by atoms with Crippen molar-refractivity contribution in [2.24, 2.45) is 0 Å². The number of benzene rings is 1. The van der Waals surface area contributed by atoms with Crippen LogP contribution >= 0.6 is 12.4 Å². The maximum Gasteiger partial charge on any atom is 0.244 e. The quantitative estimate of drug-likeness (QED) is 0.869. The van der Waals surface area contributed by atoms with Gasteiger partial charge in [0.1, 0.15) is 0 Å². The largest absolute Gasteiger partial charge is 0.310 e. The van der Waals surface area contributed by atoms with Crippen LogP contribution in [0.25, 0.3) is 0 Å². The first-order valence-corrected chi connectivity index (χ1v) is 9.45. The Morgan fingerprint density at radius 2 is 2.04 bits per heavy atom. The van der Waals surface area contributed by atoms with Crippen LogP contribution < -0.4 is 10.2 Å². The second kappa shape index (κ2) is 7.39. The molecule has 6 nitrogen and oxygen atoms in total. The Morgan fingerprint density at radius 3 is 2.67 bits per heavy atom. The molecule has 0 aliphatic carbocycles. The fourth-order valence-corrected chi connectivity index (χ4v) is 4.13. The minimum absolute atomic E-state index is 0. The summed E-state index contributed by atoms with van der Waals surface area (Å²) in [5, 5.41) is 3.27. The van der Waals surface area contributed by atoms with Crippen molar-refractivity contribution in [1.29, 1.82) is 0 Å². The highest BCUT2D eigenvalue weighted by Crippen LogP contribution is 2.32. The number of anilines is 1. The van der Waals surface area contributed by atoms with E-state index >= 15 is 0 Å². The summed E-state index contributed by atoms with van der Waals surface area (Å²) in [6.07, 6.45) is 3.78. The molecule has 1 atom stereocenters. The molecule has 1 saturated heterocycles. The summed E-state index contributed by atoms with van der Waals surface area (Å²) in [6, 6.07) is 4.94. The smallest absolute Gasteiger partial charge is 0.244 e. The molecule has 1 fully saturated rings. The minimum Gasteiger partial charge on any atom is -0.310 e. The van der Waals surface area contributed by atoms with Crippen LogP contribution in [0.2, 0.25) is 0 Å². The van der Waals surface area contributed by atoms with E-state index in [1.807, 2.05) is 6.07 Å². The number of halogens is 1. The predicted octanol–water partition coefficient (Wildman–Crippen LogP) is 1.39. The van der Waals surface area contributed by atoms with Crippen LogP contribution in [0.5, 0.6) is 0 Å². The summed E-state index contributed by atoms with van der Waals surface area (Å²) >= 11 is 0. The average Bonchev–Trinajstić information content (AvgIpc) is 2.97. The van der Waals surface area contributed by atoms with Gasteiger partial charge in [-0.1, -0.05) is 12.5 Å². The average molecular weight is 374 g/mol. The molecule has 1 aromatic rings. The van der Waals surface area contributed by atoms with Crippen molar-refractivity contribution >= 4 is 34.0 Å². The van der Waals surface area contributed by atoms with Crippen molar-refractivity contribution in [3.8, 4) is 0 Å². The van der Waals surface area contributed by atoms with Gasteiger partial charge in [-0.2, -0.15) is 0 Å².